The first kappa shape index (κ1) is 16.6. The van der Waals surface area contributed by atoms with Crippen molar-refractivity contribution < 1.29 is 9.53 Å². The summed E-state index contributed by atoms with van der Waals surface area (Å²) in [5.74, 6) is 0.863. The van der Waals surface area contributed by atoms with Crippen LogP contribution in [0, 0.1) is 0 Å². The molecule has 1 amide bonds. The normalized spacial score (nSPS) is 15.1. The van der Waals surface area contributed by atoms with Crippen molar-refractivity contribution in [3.8, 4) is 5.75 Å². The molecule has 3 aromatic rings. The first-order chi connectivity index (χ1) is 12.4. The molecule has 1 saturated heterocycles. The number of carbonyl (C=O) groups excluding carboxylic acids is 1. The highest BCUT2D eigenvalue weighted by molar-refractivity contribution is 5.93. The SMILES string of the molecule is CC(C)(C)c1ccccc1OC1CN(C(=O)c2cn3ccccc3n2)C1. The van der Waals surface area contributed by atoms with E-state index in [0.29, 0.717) is 18.8 Å². The third kappa shape index (κ3) is 3.05. The summed E-state index contributed by atoms with van der Waals surface area (Å²) in [5.41, 5.74) is 2.46. The van der Waals surface area contributed by atoms with Gasteiger partial charge >= 0.3 is 0 Å². The van der Waals surface area contributed by atoms with E-state index in [2.05, 4.69) is 31.8 Å². The summed E-state index contributed by atoms with van der Waals surface area (Å²) in [6.07, 6.45) is 3.70. The van der Waals surface area contributed by atoms with E-state index in [1.807, 2.05) is 47.0 Å². The third-order valence-electron chi connectivity index (χ3n) is 4.71. The summed E-state index contributed by atoms with van der Waals surface area (Å²) < 4.78 is 8.03. The average molecular weight is 349 g/mol. The van der Waals surface area contributed by atoms with Crippen LogP contribution >= 0.6 is 0 Å². The molecule has 4 rings (SSSR count). The smallest absolute Gasteiger partial charge is 0.274 e. The van der Waals surface area contributed by atoms with Crippen molar-refractivity contribution in [3.63, 3.8) is 0 Å². The lowest BCUT2D eigenvalue weighted by Gasteiger charge is -2.39. The molecular formula is C21H23N3O2. The number of benzene rings is 1. The summed E-state index contributed by atoms with van der Waals surface area (Å²) in [6, 6.07) is 13.9. The number of pyridine rings is 1. The summed E-state index contributed by atoms with van der Waals surface area (Å²) in [4.78, 5) is 18.8. The van der Waals surface area contributed by atoms with E-state index in [1.54, 1.807) is 11.1 Å². The Labute approximate surface area is 153 Å². The topological polar surface area (TPSA) is 46.8 Å². The molecule has 0 radical (unpaired) electrons. The molecule has 0 bridgehead atoms. The van der Waals surface area contributed by atoms with Gasteiger partial charge in [-0.1, -0.05) is 45.0 Å². The Balaban J connectivity index is 1.42. The van der Waals surface area contributed by atoms with Gasteiger partial charge in [0, 0.05) is 12.4 Å². The van der Waals surface area contributed by atoms with E-state index in [9.17, 15) is 4.79 Å². The van der Waals surface area contributed by atoms with Gasteiger partial charge in [-0.3, -0.25) is 4.79 Å². The quantitative estimate of drug-likeness (QED) is 0.727. The van der Waals surface area contributed by atoms with Crippen LogP contribution in [-0.2, 0) is 5.41 Å². The number of ether oxygens (including phenoxy) is 1. The van der Waals surface area contributed by atoms with Gasteiger partial charge in [-0.05, 0) is 29.2 Å². The molecule has 2 aromatic heterocycles. The van der Waals surface area contributed by atoms with Crippen molar-refractivity contribution >= 4 is 11.6 Å². The number of imidazole rings is 1. The van der Waals surface area contributed by atoms with Gasteiger partial charge in [0.15, 0.2) is 0 Å². The Morgan fingerprint density at radius 3 is 2.58 bits per heavy atom. The largest absolute Gasteiger partial charge is 0.486 e. The molecule has 1 aromatic carbocycles. The number of nitrogens with zero attached hydrogens (tertiary/aromatic N) is 3. The number of likely N-dealkylation sites (tertiary alicyclic amines) is 1. The second-order valence-corrected chi connectivity index (χ2v) is 7.79. The minimum Gasteiger partial charge on any atom is -0.486 e. The van der Waals surface area contributed by atoms with Crippen LogP contribution in [0.25, 0.3) is 5.65 Å². The number of rotatable bonds is 3. The Hall–Kier alpha value is -2.82. The van der Waals surface area contributed by atoms with Crippen LogP contribution in [0.4, 0.5) is 0 Å². The van der Waals surface area contributed by atoms with Crippen LogP contribution in [0.3, 0.4) is 0 Å². The molecule has 1 aliphatic heterocycles. The maximum absolute atomic E-state index is 12.6. The molecule has 0 saturated carbocycles. The van der Waals surface area contributed by atoms with Crippen molar-refractivity contribution in [2.45, 2.75) is 32.3 Å². The van der Waals surface area contributed by atoms with Crippen LogP contribution in [0.5, 0.6) is 5.75 Å². The fourth-order valence-corrected chi connectivity index (χ4v) is 3.25. The van der Waals surface area contributed by atoms with Crippen LogP contribution in [-0.4, -0.2) is 39.4 Å². The van der Waals surface area contributed by atoms with E-state index >= 15 is 0 Å². The standard InChI is InChI=1S/C21H23N3O2/c1-21(2,3)16-8-4-5-9-18(16)26-15-12-24(13-15)20(25)17-14-23-11-7-6-10-19(23)22-17/h4-11,14-15H,12-13H2,1-3H3. The van der Waals surface area contributed by atoms with Crippen LogP contribution in [0.2, 0.25) is 0 Å². The molecule has 26 heavy (non-hydrogen) atoms. The first-order valence-corrected chi connectivity index (χ1v) is 8.91. The van der Waals surface area contributed by atoms with Gasteiger partial charge in [0.05, 0.1) is 13.1 Å². The number of amides is 1. The zero-order chi connectivity index (χ0) is 18.3. The minimum absolute atomic E-state index is 0.0202. The van der Waals surface area contributed by atoms with Crippen molar-refractivity contribution in [3.05, 3.63) is 66.1 Å². The molecule has 0 N–H and O–H groups in total. The van der Waals surface area contributed by atoms with E-state index in [0.717, 1.165) is 11.4 Å². The molecule has 0 spiro atoms. The summed E-state index contributed by atoms with van der Waals surface area (Å²) >= 11 is 0. The number of carbonyl (C=O) groups is 1. The van der Waals surface area contributed by atoms with Crippen LogP contribution in [0.1, 0.15) is 36.8 Å². The maximum atomic E-state index is 12.6. The molecule has 5 heteroatoms. The minimum atomic E-state index is -0.0438. The van der Waals surface area contributed by atoms with E-state index < -0.39 is 0 Å². The van der Waals surface area contributed by atoms with Crippen molar-refractivity contribution in [1.29, 1.82) is 0 Å². The highest BCUT2D eigenvalue weighted by Gasteiger charge is 2.34. The lowest BCUT2D eigenvalue weighted by atomic mass is 9.86. The molecule has 1 aliphatic rings. The van der Waals surface area contributed by atoms with E-state index in [1.165, 1.54) is 5.56 Å². The summed E-state index contributed by atoms with van der Waals surface area (Å²) in [5, 5.41) is 0. The van der Waals surface area contributed by atoms with Gasteiger partial charge in [-0.2, -0.15) is 0 Å². The number of fused-ring (bicyclic) bond motifs is 1. The van der Waals surface area contributed by atoms with Gasteiger partial charge in [-0.25, -0.2) is 4.98 Å². The average Bonchev–Trinajstić information content (AvgIpc) is 3.01. The predicted octanol–water partition coefficient (Wildman–Crippen LogP) is 3.54. The highest BCUT2D eigenvalue weighted by Crippen LogP contribution is 2.32. The second kappa shape index (κ2) is 6.16. The number of aromatic nitrogens is 2. The molecule has 0 atom stereocenters. The molecule has 3 heterocycles. The molecule has 5 nitrogen and oxygen atoms in total. The van der Waals surface area contributed by atoms with Crippen molar-refractivity contribution in [2.24, 2.45) is 0 Å². The second-order valence-electron chi connectivity index (χ2n) is 7.79. The van der Waals surface area contributed by atoms with Gasteiger partial charge in [-0.15, -0.1) is 0 Å². The molecular weight excluding hydrogens is 326 g/mol. The Bertz CT molecular complexity index is 916. The fourth-order valence-electron chi connectivity index (χ4n) is 3.25. The zero-order valence-electron chi connectivity index (χ0n) is 15.3. The van der Waals surface area contributed by atoms with E-state index in [4.69, 9.17) is 4.74 Å². The summed E-state index contributed by atoms with van der Waals surface area (Å²) in [6.45, 7) is 7.70. The fraction of sp³-hybridized carbons (Fsp3) is 0.333. The molecule has 1 fully saturated rings. The van der Waals surface area contributed by atoms with Gasteiger partial charge < -0.3 is 14.0 Å². The van der Waals surface area contributed by atoms with Crippen LogP contribution < -0.4 is 4.74 Å². The first-order valence-electron chi connectivity index (χ1n) is 8.91. The van der Waals surface area contributed by atoms with Gasteiger partial charge in [0.25, 0.3) is 5.91 Å². The molecule has 0 aliphatic carbocycles. The molecule has 134 valence electrons. The Morgan fingerprint density at radius 2 is 1.85 bits per heavy atom. The zero-order valence-corrected chi connectivity index (χ0v) is 15.3. The van der Waals surface area contributed by atoms with Gasteiger partial charge in [0.1, 0.15) is 23.2 Å². The third-order valence-corrected chi connectivity index (χ3v) is 4.71. The summed E-state index contributed by atoms with van der Waals surface area (Å²) in [7, 11) is 0. The lowest BCUT2D eigenvalue weighted by molar-refractivity contribution is 0.0167. The Kier molecular flexibility index (Phi) is 3.94. The van der Waals surface area contributed by atoms with E-state index in [-0.39, 0.29) is 17.4 Å². The van der Waals surface area contributed by atoms with Crippen LogP contribution in [0.15, 0.2) is 54.9 Å². The Morgan fingerprint density at radius 1 is 1.12 bits per heavy atom. The number of hydrogen-bond acceptors (Lipinski definition) is 3. The number of hydrogen-bond donors (Lipinski definition) is 0. The van der Waals surface area contributed by atoms with Crippen molar-refractivity contribution in [2.75, 3.05) is 13.1 Å². The number of para-hydroxylation sites is 1. The highest BCUT2D eigenvalue weighted by atomic mass is 16.5. The molecule has 0 unspecified atom stereocenters. The predicted molar refractivity (Wildman–Crippen MR) is 101 cm³/mol. The maximum Gasteiger partial charge on any atom is 0.274 e. The van der Waals surface area contributed by atoms with Crippen molar-refractivity contribution in [1.82, 2.24) is 14.3 Å². The monoisotopic (exact) mass is 349 g/mol. The lowest BCUT2D eigenvalue weighted by Crippen LogP contribution is -2.56. The van der Waals surface area contributed by atoms with Gasteiger partial charge in [0.2, 0.25) is 0 Å².